The highest BCUT2D eigenvalue weighted by Gasteiger charge is 2.22. The van der Waals surface area contributed by atoms with Gasteiger partial charge in [0.15, 0.2) is 0 Å². The van der Waals surface area contributed by atoms with E-state index in [1.807, 2.05) is 31.1 Å². The zero-order valence-corrected chi connectivity index (χ0v) is 14.0. The second kappa shape index (κ2) is 7.00. The summed E-state index contributed by atoms with van der Waals surface area (Å²) in [4.78, 5) is 8.62. The standard InChI is InChI=1S/C17H24N4O2/c1-20(2)17-18-16(23-19-17)12-21-10-8-14(9-11-21)13-4-6-15(22-3)7-5-13/h4-7,14H,8-12H2,1-3H3. The molecule has 0 amide bonds. The van der Waals surface area contributed by atoms with Crippen LogP contribution in [-0.4, -0.2) is 49.3 Å². The molecule has 0 unspecified atom stereocenters. The Bertz CT molecular complexity index is 616. The van der Waals surface area contributed by atoms with Crippen LogP contribution in [0.5, 0.6) is 5.75 Å². The molecule has 3 rings (SSSR count). The van der Waals surface area contributed by atoms with Crippen molar-refractivity contribution in [2.75, 3.05) is 39.2 Å². The molecule has 23 heavy (non-hydrogen) atoms. The van der Waals surface area contributed by atoms with Crippen LogP contribution in [0.4, 0.5) is 5.95 Å². The van der Waals surface area contributed by atoms with Crippen LogP contribution in [0.15, 0.2) is 28.8 Å². The number of likely N-dealkylation sites (tertiary alicyclic amines) is 1. The van der Waals surface area contributed by atoms with Gasteiger partial charge in [0.05, 0.1) is 13.7 Å². The molecule has 1 aliphatic heterocycles. The van der Waals surface area contributed by atoms with Crippen molar-refractivity contribution in [1.29, 1.82) is 0 Å². The van der Waals surface area contributed by atoms with E-state index in [0.717, 1.165) is 38.2 Å². The fraction of sp³-hybridized carbons (Fsp3) is 0.529. The third kappa shape index (κ3) is 3.82. The number of anilines is 1. The summed E-state index contributed by atoms with van der Waals surface area (Å²) in [5.74, 6) is 2.86. The summed E-state index contributed by atoms with van der Waals surface area (Å²) < 4.78 is 10.5. The molecule has 124 valence electrons. The molecular weight excluding hydrogens is 292 g/mol. The quantitative estimate of drug-likeness (QED) is 0.845. The first kappa shape index (κ1) is 15.8. The van der Waals surface area contributed by atoms with Crippen LogP contribution >= 0.6 is 0 Å². The SMILES string of the molecule is COc1ccc(C2CCN(Cc3nc(N(C)C)no3)CC2)cc1. The minimum absolute atomic E-state index is 0.622. The van der Waals surface area contributed by atoms with Crippen LogP contribution in [0, 0.1) is 0 Å². The van der Waals surface area contributed by atoms with Crippen molar-refractivity contribution >= 4 is 5.95 Å². The van der Waals surface area contributed by atoms with E-state index in [0.29, 0.717) is 17.8 Å². The number of hydrogen-bond donors (Lipinski definition) is 0. The van der Waals surface area contributed by atoms with E-state index >= 15 is 0 Å². The van der Waals surface area contributed by atoms with Gasteiger partial charge in [0, 0.05) is 14.1 Å². The first-order valence-electron chi connectivity index (χ1n) is 8.02. The van der Waals surface area contributed by atoms with Gasteiger partial charge >= 0.3 is 0 Å². The fourth-order valence-electron chi connectivity index (χ4n) is 2.98. The minimum Gasteiger partial charge on any atom is -0.497 e. The maximum Gasteiger partial charge on any atom is 0.265 e. The lowest BCUT2D eigenvalue weighted by Crippen LogP contribution is -2.32. The molecule has 0 N–H and O–H groups in total. The van der Waals surface area contributed by atoms with E-state index in [1.54, 1.807) is 7.11 Å². The maximum absolute atomic E-state index is 5.31. The first-order chi connectivity index (χ1) is 11.2. The van der Waals surface area contributed by atoms with Crippen molar-refractivity contribution in [3.05, 3.63) is 35.7 Å². The Morgan fingerprint density at radius 2 is 1.91 bits per heavy atom. The van der Waals surface area contributed by atoms with Gasteiger partial charge in [0.25, 0.3) is 5.95 Å². The van der Waals surface area contributed by atoms with Gasteiger partial charge in [0.2, 0.25) is 5.89 Å². The average Bonchev–Trinajstić information content (AvgIpc) is 3.04. The van der Waals surface area contributed by atoms with Crippen LogP contribution in [-0.2, 0) is 6.54 Å². The second-order valence-electron chi connectivity index (χ2n) is 6.21. The van der Waals surface area contributed by atoms with Gasteiger partial charge in [-0.3, -0.25) is 4.90 Å². The van der Waals surface area contributed by atoms with Crippen LogP contribution < -0.4 is 9.64 Å². The Labute approximate surface area is 137 Å². The van der Waals surface area contributed by atoms with Crippen molar-refractivity contribution in [3.8, 4) is 5.75 Å². The molecule has 1 aromatic carbocycles. The van der Waals surface area contributed by atoms with E-state index in [9.17, 15) is 0 Å². The molecule has 2 heterocycles. The Morgan fingerprint density at radius 3 is 2.48 bits per heavy atom. The number of rotatable bonds is 5. The van der Waals surface area contributed by atoms with Crippen LogP contribution in [0.25, 0.3) is 0 Å². The molecule has 0 spiro atoms. The van der Waals surface area contributed by atoms with Gasteiger partial charge in [-0.05, 0) is 54.7 Å². The molecular formula is C17H24N4O2. The van der Waals surface area contributed by atoms with Crippen molar-refractivity contribution in [2.24, 2.45) is 0 Å². The van der Waals surface area contributed by atoms with Gasteiger partial charge in [-0.15, -0.1) is 0 Å². The lowest BCUT2D eigenvalue weighted by molar-refractivity contribution is 0.181. The number of piperidine rings is 1. The lowest BCUT2D eigenvalue weighted by atomic mass is 9.89. The number of ether oxygens (including phenoxy) is 1. The Kier molecular flexibility index (Phi) is 4.81. The zero-order chi connectivity index (χ0) is 16.2. The summed E-state index contributed by atoms with van der Waals surface area (Å²) in [6.45, 7) is 2.84. The third-order valence-electron chi connectivity index (χ3n) is 4.39. The van der Waals surface area contributed by atoms with Crippen molar-refractivity contribution in [3.63, 3.8) is 0 Å². The number of hydrogen-bond acceptors (Lipinski definition) is 6. The number of methoxy groups -OCH3 is 1. The molecule has 0 radical (unpaired) electrons. The summed E-state index contributed by atoms with van der Waals surface area (Å²) in [5.41, 5.74) is 1.40. The molecule has 1 fully saturated rings. The third-order valence-corrected chi connectivity index (χ3v) is 4.39. The van der Waals surface area contributed by atoms with Gasteiger partial charge in [-0.1, -0.05) is 12.1 Å². The highest BCUT2D eigenvalue weighted by molar-refractivity contribution is 5.29. The first-order valence-corrected chi connectivity index (χ1v) is 8.02. The molecule has 1 aliphatic rings. The number of benzene rings is 1. The molecule has 1 saturated heterocycles. The highest BCUT2D eigenvalue weighted by Crippen LogP contribution is 2.29. The van der Waals surface area contributed by atoms with Gasteiger partial charge in [-0.25, -0.2) is 0 Å². The highest BCUT2D eigenvalue weighted by atomic mass is 16.5. The van der Waals surface area contributed by atoms with E-state index in [4.69, 9.17) is 9.26 Å². The molecule has 6 nitrogen and oxygen atoms in total. The Morgan fingerprint density at radius 1 is 1.22 bits per heavy atom. The zero-order valence-electron chi connectivity index (χ0n) is 14.0. The smallest absolute Gasteiger partial charge is 0.265 e. The summed E-state index contributed by atoms with van der Waals surface area (Å²) in [7, 11) is 5.52. The predicted octanol–water partition coefficient (Wildman–Crippen LogP) is 2.52. The van der Waals surface area contributed by atoms with E-state index in [-0.39, 0.29) is 0 Å². The van der Waals surface area contributed by atoms with Crippen LogP contribution in [0.3, 0.4) is 0 Å². The molecule has 2 aromatic rings. The normalized spacial score (nSPS) is 16.5. The van der Waals surface area contributed by atoms with Crippen molar-refractivity contribution < 1.29 is 9.26 Å². The monoisotopic (exact) mass is 316 g/mol. The summed E-state index contributed by atoms with van der Waals surface area (Å²) in [6, 6.07) is 8.45. The number of nitrogens with zero attached hydrogens (tertiary/aromatic N) is 4. The van der Waals surface area contributed by atoms with E-state index in [1.165, 1.54) is 5.56 Å². The summed E-state index contributed by atoms with van der Waals surface area (Å²) >= 11 is 0. The Hall–Kier alpha value is -2.08. The van der Waals surface area contributed by atoms with Crippen molar-refractivity contribution in [2.45, 2.75) is 25.3 Å². The minimum atomic E-state index is 0.622. The van der Waals surface area contributed by atoms with Crippen LogP contribution in [0.1, 0.15) is 30.2 Å². The molecule has 6 heteroatoms. The number of aromatic nitrogens is 2. The van der Waals surface area contributed by atoms with Gasteiger partial charge < -0.3 is 14.2 Å². The Balaban J connectivity index is 1.53. The predicted molar refractivity (Wildman–Crippen MR) is 88.9 cm³/mol. The second-order valence-corrected chi connectivity index (χ2v) is 6.21. The average molecular weight is 316 g/mol. The summed E-state index contributed by atoms with van der Waals surface area (Å²) in [6.07, 6.45) is 2.31. The molecule has 0 saturated carbocycles. The molecule has 0 aliphatic carbocycles. The van der Waals surface area contributed by atoms with Crippen LogP contribution in [0.2, 0.25) is 0 Å². The molecule has 0 atom stereocenters. The van der Waals surface area contributed by atoms with E-state index in [2.05, 4.69) is 27.2 Å². The van der Waals surface area contributed by atoms with E-state index < -0.39 is 0 Å². The lowest BCUT2D eigenvalue weighted by Gasteiger charge is -2.31. The maximum atomic E-state index is 5.31. The molecule has 1 aromatic heterocycles. The summed E-state index contributed by atoms with van der Waals surface area (Å²) in [5, 5.41) is 3.96. The topological polar surface area (TPSA) is 54.6 Å². The largest absolute Gasteiger partial charge is 0.497 e. The fourth-order valence-corrected chi connectivity index (χ4v) is 2.98. The molecule has 0 bridgehead atoms. The van der Waals surface area contributed by atoms with Crippen molar-refractivity contribution in [1.82, 2.24) is 15.0 Å². The van der Waals surface area contributed by atoms with Gasteiger partial charge in [0.1, 0.15) is 5.75 Å². The van der Waals surface area contributed by atoms with Gasteiger partial charge in [-0.2, -0.15) is 4.98 Å².